The lowest BCUT2D eigenvalue weighted by atomic mass is 9.95. The summed E-state index contributed by atoms with van der Waals surface area (Å²) in [7, 11) is -3.22. The molecule has 0 radical (unpaired) electrons. The third-order valence-electron chi connectivity index (χ3n) is 6.27. The van der Waals surface area contributed by atoms with Crippen LogP contribution in [0, 0.1) is 5.82 Å². The second-order valence-electron chi connectivity index (χ2n) is 9.97. The lowest BCUT2D eigenvalue weighted by Gasteiger charge is -2.19. The fourth-order valence-corrected chi connectivity index (χ4v) is 5.20. The van der Waals surface area contributed by atoms with Gasteiger partial charge in [0.05, 0.1) is 23.3 Å². The number of aromatic nitrogens is 3. The number of nitrogens with two attached hydrogens (primary N) is 1. The molecule has 2 aromatic heterocycles. The Labute approximate surface area is 211 Å². The third kappa shape index (κ3) is 5.90. The number of fused-ring (bicyclic) bond motifs is 2. The standard InChI is InChI=1S/C25H28F4N4O3S/c1-24(2,30)17-5-7-20-16(11-17)12-19(31(20)9-4-10-37(3,35)36)14-32-22-13-18(26)6-8-21(22)33(23(32)34)15-25(27,28)29/h5-8,11-13H,4,9-10,14-15,30H2,1-3H3. The molecule has 0 fully saturated rings. The zero-order valence-corrected chi connectivity index (χ0v) is 21.5. The second kappa shape index (κ2) is 9.32. The van der Waals surface area contributed by atoms with Crippen molar-refractivity contribution < 1.29 is 26.0 Å². The SMILES string of the molecule is CC(C)(N)c1ccc2c(c1)cc(Cn1c(=O)n(CC(F)(F)F)c3ccc(F)cc31)n2CCCS(C)(=O)=O. The Hall–Kier alpha value is -3.12. The van der Waals surface area contributed by atoms with Crippen LogP contribution in [0.5, 0.6) is 0 Å². The van der Waals surface area contributed by atoms with E-state index in [1.807, 2.05) is 36.6 Å². The van der Waals surface area contributed by atoms with Gasteiger partial charge in [-0.3, -0.25) is 9.13 Å². The molecule has 0 saturated heterocycles. The van der Waals surface area contributed by atoms with Crippen LogP contribution in [0.3, 0.4) is 0 Å². The number of rotatable bonds is 8. The number of alkyl halides is 3. The summed E-state index contributed by atoms with van der Waals surface area (Å²) < 4.78 is 80.7. The number of aryl methyl sites for hydroxylation is 1. The van der Waals surface area contributed by atoms with E-state index in [1.165, 1.54) is 0 Å². The van der Waals surface area contributed by atoms with Crippen molar-refractivity contribution in [2.75, 3.05) is 12.0 Å². The molecule has 200 valence electrons. The summed E-state index contributed by atoms with van der Waals surface area (Å²) in [5.41, 5.74) is 6.86. The Morgan fingerprint density at radius 2 is 1.59 bits per heavy atom. The van der Waals surface area contributed by atoms with Gasteiger partial charge >= 0.3 is 11.9 Å². The van der Waals surface area contributed by atoms with Crippen molar-refractivity contribution >= 4 is 31.8 Å². The summed E-state index contributed by atoms with van der Waals surface area (Å²) in [6.07, 6.45) is -3.22. The molecule has 0 aliphatic rings. The molecule has 37 heavy (non-hydrogen) atoms. The van der Waals surface area contributed by atoms with Crippen LogP contribution < -0.4 is 11.4 Å². The van der Waals surface area contributed by atoms with E-state index in [4.69, 9.17) is 5.73 Å². The number of hydrogen-bond acceptors (Lipinski definition) is 4. The Morgan fingerprint density at radius 3 is 2.22 bits per heavy atom. The van der Waals surface area contributed by atoms with Crippen LogP contribution in [0.4, 0.5) is 17.6 Å². The minimum Gasteiger partial charge on any atom is -0.343 e. The normalized spacial score (nSPS) is 13.2. The van der Waals surface area contributed by atoms with Gasteiger partial charge in [0.25, 0.3) is 0 Å². The summed E-state index contributed by atoms with van der Waals surface area (Å²) in [4.78, 5) is 13.1. The molecule has 0 unspecified atom stereocenters. The van der Waals surface area contributed by atoms with Crippen molar-refractivity contribution in [3.63, 3.8) is 0 Å². The van der Waals surface area contributed by atoms with Crippen molar-refractivity contribution in [1.82, 2.24) is 13.7 Å². The Morgan fingerprint density at radius 1 is 0.919 bits per heavy atom. The summed E-state index contributed by atoms with van der Waals surface area (Å²) >= 11 is 0. The van der Waals surface area contributed by atoms with Crippen LogP contribution >= 0.6 is 0 Å². The molecule has 0 amide bonds. The van der Waals surface area contributed by atoms with Crippen molar-refractivity contribution in [3.05, 3.63) is 70.0 Å². The zero-order valence-electron chi connectivity index (χ0n) is 20.6. The van der Waals surface area contributed by atoms with Crippen molar-refractivity contribution in [1.29, 1.82) is 0 Å². The molecule has 7 nitrogen and oxygen atoms in total. The number of benzene rings is 2. The van der Waals surface area contributed by atoms with Crippen LogP contribution in [-0.4, -0.2) is 40.3 Å². The zero-order chi connectivity index (χ0) is 27.3. The first-order valence-electron chi connectivity index (χ1n) is 11.6. The molecule has 2 heterocycles. The fourth-order valence-electron chi connectivity index (χ4n) is 4.55. The molecule has 4 rings (SSSR count). The van der Waals surface area contributed by atoms with Crippen LogP contribution in [0.2, 0.25) is 0 Å². The number of nitrogens with zero attached hydrogens (tertiary/aromatic N) is 3. The molecule has 0 bridgehead atoms. The van der Waals surface area contributed by atoms with Gasteiger partial charge in [-0.15, -0.1) is 0 Å². The molecule has 0 atom stereocenters. The van der Waals surface area contributed by atoms with Crippen LogP contribution in [0.25, 0.3) is 21.9 Å². The van der Waals surface area contributed by atoms with E-state index in [2.05, 4.69) is 0 Å². The topological polar surface area (TPSA) is 92.0 Å². The highest BCUT2D eigenvalue weighted by Gasteiger charge is 2.31. The number of hydrogen-bond donors (Lipinski definition) is 1. The van der Waals surface area contributed by atoms with Crippen LogP contribution in [0.1, 0.15) is 31.5 Å². The van der Waals surface area contributed by atoms with Crippen LogP contribution in [-0.2, 0) is 35.0 Å². The second-order valence-corrected chi connectivity index (χ2v) is 12.2. The fraction of sp³-hybridized carbons (Fsp3) is 0.400. The molecule has 4 aromatic rings. The van der Waals surface area contributed by atoms with Gasteiger partial charge in [0.1, 0.15) is 22.2 Å². The smallest absolute Gasteiger partial charge is 0.343 e. The maximum Gasteiger partial charge on any atom is 0.406 e. The lowest BCUT2D eigenvalue weighted by Crippen LogP contribution is -2.30. The van der Waals surface area contributed by atoms with E-state index in [0.717, 1.165) is 45.5 Å². The van der Waals surface area contributed by atoms with Crippen molar-refractivity contribution in [3.8, 4) is 0 Å². The molecule has 0 aliphatic heterocycles. The minimum atomic E-state index is -4.65. The van der Waals surface area contributed by atoms with Crippen molar-refractivity contribution in [2.24, 2.45) is 5.73 Å². The molecule has 0 saturated carbocycles. The maximum absolute atomic E-state index is 14.1. The van der Waals surface area contributed by atoms with Crippen molar-refractivity contribution in [2.45, 2.75) is 51.6 Å². The largest absolute Gasteiger partial charge is 0.406 e. The van der Waals surface area contributed by atoms with Gasteiger partial charge in [-0.1, -0.05) is 6.07 Å². The maximum atomic E-state index is 14.1. The van der Waals surface area contributed by atoms with Gasteiger partial charge in [0.15, 0.2) is 0 Å². The van der Waals surface area contributed by atoms with E-state index in [9.17, 15) is 30.8 Å². The number of sulfone groups is 1. The molecule has 12 heteroatoms. The average Bonchev–Trinajstić information content (AvgIpc) is 3.21. The average molecular weight is 541 g/mol. The highest BCUT2D eigenvalue weighted by Crippen LogP contribution is 2.28. The first-order chi connectivity index (χ1) is 17.0. The summed E-state index contributed by atoms with van der Waals surface area (Å²) in [6.45, 7) is 2.34. The molecule has 0 spiro atoms. The van der Waals surface area contributed by atoms with Gasteiger partial charge in [0.2, 0.25) is 0 Å². The van der Waals surface area contributed by atoms with Gasteiger partial charge in [-0.2, -0.15) is 13.2 Å². The van der Waals surface area contributed by atoms with Gasteiger partial charge < -0.3 is 10.3 Å². The first-order valence-corrected chi connectivity index (χ1v) is 13.6. The molecule has 2 aromatic carbocycles. The first kappa shape index (κ1) is 26.9. The Kier molecular flexibility index (Phi) is 6.78. The Balaban J connectivity index is 1.87. The van der Waals surface area contributed by atoms with Gasteiger partial charge in [-0.05, 0) is 62.2 Å². The molecular formula is C25H28F4N4O3S. The van der Waals surface area contributed by atoms with E-state index < -0.39 is 39.6 Å². The highest BCUT2D eigenvalue weighted by atomic mass is 32.2. The third-order valence-corrected chi connectivity index (χ3v) is 7.30. The highest BCUT2D eigenvalue weighted by molar-refractivity contribution is 7.90. The monoisotopic (exact) mass is 540 g/mol. The lowest BCUT2D eigenvalue weighted by molar-refractivity contribution is -0.140. The number of halogens is 4. The van der Waals surface area contributed by atoms with Gasteiger partial charge in [0, 0.05) is 34.9 Å². The number of imidazole rings is 1. The predicted octanol–water partition coefficient (Wildman–Crippen LogP) is 4.14. The van der Waals surface area contributed by atoms with E-state index in [1.54, 1.807) is 6.07 Å². The molecular weight excluding hydrogens is 512 g/mol. The summed E-state index contributed by atoms with van der Waals surface area (Å²) in [6, 6.07) is 10.6. The quantitative estimate of drug-likeness (QED) is 0.340. The van der Waals surface area contributed by atoms with E-state index in [0.29, 0.717) is 23.2 Å². The predicted molar refractivity (Wildman–Crippen MR) is 135 cm³/mol. The van der Waals surface area contributed by atoms with E-state index >= 15 is 0 Å². The Bertz CT molecular complexity index is 1640. The van der Waals surface area contributed by atoms with E-state index in [-0.39, 0.29) is 23.3 Å². The summed E-state index contributed by atoms with van der Waals surface area (Å²) in [5.74, 6) is -0.746. The molecule has 2 N–H and O–H groups in total. The van der Waals surface area contributed by atoms with Crippen LogP contribution in [0.15, 0.2) is 47.3 Å². The van der Waals surface area contributed by atoms with Gasteiger partial charge in [-0.25, -0.2) is 17.6 Å². The minimum absolute atomic E-state index is 0.0318. The summed E-state index contributed by atoms with van der Waals surface area (Å²) in [5, 5.41) is 0.781. The molecule has 0 aliphatic carbocycles.